The Balaban J connectivity index is 1.92. The van der Waals surface area contributed by atoms with Crippen LogP contribution in [0.15, 0.2) is 60.8 Å². The number of aryl methyl sites for hydroxylation is 1. The monoisotopic (exact) mass is 326 g/mol. The zero-order chi connectivity index (χ0) is 17.6. The van der Waals surface area contributed by atoms with Crippen molar-refractivity contribution in [1.29, 1.82) is 5.26 Å². The average Bonchev–Trinajstić information content (AvgIpc) is 2.66. The predicted molar refractivity (Wildman–Crippen MR) is 101 cm³/mol. The third-order valence-corrected chi connectivity index (χ3v) is 3.86. The summed E-state index contributed by atoms with van der Waals surface area (Å²) in [4.78, 5) is 4.46. The van der Waals surface area contributed by atoms with Gasteiger partial charge in [-0.3, -0.25) is 4.98 Å². The minimum Gasteiger partial charge on any atom is -0.496 e. The fraction of sp³-hybridized carbons (Fsp3) is 0.0909. The van der Waals surface area contributed by atoms with E-state index >= 15 is 0 Å². The number of benzene rings is 2. The maximum Gasteiger partial charge on any atom is 0.128 e. The van der Waals surface area contributed by atoms with Gasteiger partial charge in [0.2, 0.25) is 0 Å². The summed E-state index contributed by atoms with van der Waals surface area (Å²) in [5.41, 5.74) is 5.61. The molecule has 1 heterocycles. The Morgan fingerprint density at radius 1 is 1.00 bits per heavy atom. The molecule has 0 aliphatic carbocycles. The first kappa shape index (κ1) is 16.5. The van der Waals surface area contributed by atoms with E-state index in [-0.39, 0.29) is 0 Å². The molecule has 3 aromatic rings. The number of nitrogens with zero attached hydrogens (tertiary/aromatic N) is 2. The van der Waals surface area contributed by atoms with Gasteiger partial charge in [-0.25, -0.2) is 0 Å². The van der Waals surface area contributed by atoms with Crippen LogP contribution in [0.25, 0.3) is 23.4 Å². The Morgan fingerprint density at radius 3 is 2.60 bits per heavy atom. The highest BCUT2D eigenvalue weighted by atomic mass is 16.5. The van der Waals surface area contributed by atoms with Gasteiger partial charge in [-0.2, -0.15) is 5.26 Å². The zero-order valence-electron chi connectivity index (χ0n) is 14.2. The third kappa shape index (κ3) is 3.94. The van der Waals surface area contributed by atoms with Crippen molar-refractivity contribution in [1.82, 2.24) is 4.98 Å². The molecule has 2 aromatic carbocycles. The van der Waals surface area contributed by atoms with Crippen LogP contribution < -0.4 is 4.74 Å². The van der Waals surface area contributed by atoms with Gasteiger partial charge < -0.3 is 4.74 Å². The van der Waals surface area contributed by atoms with Crippen molar-refractivity contribution < 1.29 is 4.74 Å². The van der Waals surface area contributed by atoms with Crippen LogP contribution in [0.2, 0.25) is 0 Å². The normalized spacial score (nSPS) is 10.6. The lowest BCUT2D eigenvalue weighted by molar-refractivity contribution is 0.416. The van der Waals surface area contributed by atoms with Crippen LogP contribution in [0.4, 0.5) is 0 Å². The van der Waals surface area contributed by atoms with Crippen molar-refractivity contribution in [2.75, 3.05) is 7.11 Å². The molecular weight excluding hydrogens is 308 g/mol. The van der Waals surface area contributed by atoms with E-state index in [1.807, 2.05) is 67.6 Å². The fourth-order valence-corrected chi connectivity index (χ4v) is 2.72. The molecule has 0 fully saturated rings. The molecule has 0 unspecified atom stereocenters. The summed E-state index contributed by atoms with van der Waals surface area (Å²) >= 11 is 0. The van der Waals surface area contributed by atoms with Gasteiger partial charge in [0.25, 0.3) is 0 Å². The second-order valence-corrected chi connectivity index (χ2v) is 5.75. The van der Waals surface area contributed by atoms with Gasteiger partial charge in [-0.05, 0) is 60.0 Å². The molecule has 0 radical (unpaired) electrons. The molecule has 25 heavy (non-hydrogen) atoms. The van der Waals surface area contributed by atoms with Crippen LogP contribution in [-0.4, -0.2) is 12.1 Å². The summed E-state index contributed by atoms with van der Waals surface area (Å²) in [5.74, 6) is 0.800. The number of hydrogen-bond donors (Lipinski definition) is 0. The second-order valence-electron chi connectivity index (χ2n) is 5.75. The quantitative estimate of drug-likeness (QED) is 0.669. The van der Waals surface area contributed by atoms with Gasteiger partial charge in [-0.15, -0.1) is 0 Å². The van der Waals surface area contributed by atoms with E-state index in [4.69, 9.17) is 10.00 Å². The minimum atomic E-state index is 0.670. The standard InChI is InChI=1S/C22H18N2O/c1-16-11-18(13-19(12-16)15-23)8-7-17-9-10-24-21(14-17)20-5-3-4-6-22(20)25-2/h3-14H,1-2H3/b8-7+. The van der Waals surface area contributed by atoms with Crippen LogP contribution in [0.5, 0.6) is 5.75 Å². The number of para-hydroxylation sites is 1. The van der Waals surface area contributed by atoms with Crippen LogP contribution in [0, 0.1) is 18.3 Å². The first-order chi connectivity index (χ1) is 12.2. The number of methoxy groups -OCH3 is 1. The SMILES string of the molecule is COc1ccccc1-c1cc(/C=C/c2cc(C)cc(C#N)c2)ccn1. The zero-order valence-corrected chi connectivity index (χ0v) is 14.2. The molecule has 122 valence electrons. The van der Waals surface area contributed by atoms with Gasteiger partial charge in [0.05, 0.1) is 24.4 Å². The molecule has 0 atom stereocenters. The van der Waals surface area contributed by atoms with E-state index in [1.165, 1.54) is 0 Å². The number of aromatic nitrogens is 1. The van der Waals surface area contributed by atoms with E-state index in [9.17, 15) is 0 Å². The molecule has 3 nitrogen and oxygen atoms in total. The van der Waals surface area contributed by atoms with Crippen molar-refractivity contribution >= 4 is 12.2 Å². The van der Waals surface area contributed by atoms with E-state index in [0.29, 0.717) is 5.56 Å². The lowest BCUT2D eigenvalue weighted by Crippen LogP contribution is -1.90. The van der Waals surface area contributed by atoms with Crippen LogP contribution >= 0.6 is 0 Å². The summed E-state index contributed by atoms with van der Waals surface area (Å²) in [7, 11) is 1.66. The Morgan fingerprint density at radius 2 is 1.80 bits per heavy atom. The molecule has 0 saturated carbocycles. The third-order valence-electron chi connectivity index (χ3n) is 3.86. The van der Waals surface area contributed by atoms with Gasteiger partial charge >= 0.3 is 0 Å². The molecule has 0 aliphatic rings. The van der Waals surface area contributed by atoms with Crippen molar-refractivity contribution in [3.63, 3.8) is 0 Å². The molecule has 3 heteroatoms. The highest BCUT2D eigenvalue weighted by Crippen LogP contribution is 2.28. The van der Waals surface area contributed by atoms with Gasteiger partial charge in [0.1, 0.15) is 5.75 Å². The summed E-state index contributed by atoms with van der Waals surface area (Å²) in [5, 5.41) is 9.09. The van der Waals surface area contributed by atoms with Crippen LogP contribution in [0.3, 0.4) is 0 Å². The molecule has 1 aromatic heterocycles. The number of nitriles is 1. The van der Waals surface area contributed by atoms with Crippen LogP contribution in [-0.2, 0) is 0 Å². The Bertz CT molecular complexity index is 968. The van der Waals surface area contributed by atoms with E-state index in [2.05, 4.69) is 17.1 Å². The highest BCUT2D eigenvalue weighted by Gasteiger charge is 2.06. The van der Waals surface area contributed by atoms with Gasteiger partial charge in [0.15, 0.2) is 0 Å². The largest absolute Gasteiger partial charge is 0.496 e. The Kier molecular flexibility index (Phi) is 4.92. The Labute approximate surface area is 147 Å². The summed E-state index contributed by atoms with van der Waals surface area (Å²) in [6.45, 7) is 1.99. The predicted octanol–water partition coefficient (Wildman–Crippen LogP) is 5.11. The lowest BCUT2D eigenvalue weighted by atomic mass is 10.0. The van der Waals surface area contributed by atoms with Crippen LogP contribution in [0.1, 0.15) is 22.3 Å². The highest BCUT2D eigenvalue weighted by molar-refractivity contribution is 5.74. The lowest BCUT2D eigenvalue weighted by Gasteiger charge is -2.08. The van der Waals surface area contributed by atoms with Gasteiger partial charge in [-0.1, -0.05) is 30.4 Å². The molecule has 3 rings (SSSR count). The summed E-state index contributed by atoms with van der Waals surface area (Å²) < 4.78 is 5.42. The molecule has 0 amide bonds. The fourth-order valence-electron chi connectivity index (χ4n) is 2.72. The number of rotatable bonds is 4. The number of hydrogen-bond acceptors (Lipinski definition) is 3. The molecule has 0 aliphatic heterocycles. The smallest absolute Gasteiger partial charge is 0.128 e. The van der Waals surface area contributed by atoms with Crippen molar-refractivity contribution in [3.05, 3.63) is 83.0 Å². The average molecular weight is 326 g/mol. The first-order valence-electron chi connectivity index (χ1n) is 7.99. The van der Waals surface area contributed by atoms with Crippen molar-refractivity contribution in [3.8, 4) is 23.1 Å². The van der Waals surface area contributed by atoms with Crippen molar-refractivity contribution in [2.45, 2.75) is 6.92 Å². The summed E-state index contributed by atoms with van der Waals surface area (Å²) in [6.07, 6.45) is 5.82. The summed E-state index contributed by atoms with van der Waals surface area (Å²) in [6, 6.07) is 19.8. The number of pyridine rings is 1. The Hall–Kier alpha value is -3.38. The molecular formula is C22H18N2O. The van der Waals surface area contributed by atoms with E-state index < -0.39 is 0 Å². The number of ether oxygens (including phenoxy) is 1. The second kappa shape index (κ2) is 7.46. The van der Waals surface area contributed by atoms with E-state index in [1.54, 1.807) is 13.3 Å². The molecule has 0 N–H and O–H groups in total. The molecule has 0 saturated heterocycles. The van der Waals surface area contributed by atoms with Gasteiger partial charge in [0, 0.05) is 11.8 Å². The van der Waals surface area contributed by atoms with Crippen molar-refractivity contribution in [2.24, 2.45) is 0 Å². The topological polar surface area (TPSA) is 45.9 Å². The van der Waals surface area contributed by atoms with E-state index in [0.717, 1.165) is 33.7 Å². The maximum absolute atomic E-state index is 9.09. The first-order valence-corrected chi connectivity index (χ1v) is 7.99. The molecule has 0 bridgehead atoms. The minimum absolute atomic E-state index is 0.670. The molecule has 0 spiro atoms. The maximum atomic E-state index is 9.09.